The molecule has 1 aliphatic rings. The van der Waals surface area contributed by atoms with Gasteiger partial charge in [0.25, 0.3) is 5.56 Å². The average Bonchev–Trinajstić information content (AvgIpc) is 2.84. The number of nitriles is 1. The zero-order chi connectivity index (χ0) is 12.6. The summed E-state index contributed by atoms with van der Waals surface area (Å²) in [5.41, 5.74) is -0.888. The molecule has 0 N–H and O–H groups in total. The van der Waals surface area contributed by atoms with Gasteiger partial charge in [-0.2, -0.15) is 5.26 Å². The number of thioether (sulfide) groups is 1. The predicted molar refractivity (Wildman–Crippen MR) is 66.3 cm³/mol. The molecule has 1 aromatic rings. The number of nitrogens with zero attached hydrogens (tertiary/aromatic N) is 4. The van der Waals surface area contributed by atoms with E-state index in [4.69, 9.17) is 5.26 Å². The maximum absolute atomic E-state index is 11.8. The largest absolute Gasteiger partial charge is 0.347 e. The van der Waals surface area contributed by atoms with Crippen LogP contribution in [0.5, 0.6) is 0 Å². The van der Waals surface area contributed by atoms with Gasteiger partial charge in [0.15, 0.2) is 5.56 Å². The fraction of sp³-hybridized carbons (Fsp3) is 0.500. The van der Waals surface area contributed by atoms with Gasteiger partial charge in [0.2, 0.25) is 0 Å². The summed E-state index contributed by atoms with van der Waals surface area (Å²) in [6, 6.07) is 1.91. The van der Waals surface area contributed by atoms with Crippen molar-refractivity contribution in [1.29, 1.82) is 5.26 Å². The Hall–Kier alpha value is -1.68. The van der Waals surface area contributed by atoms with E-state index in [1.165, 1.54) is 11.6 Å². The number of hydrogen-bond acceptors (Lipinski definition) is 5. The van der Waals surface area contributed by atoms with Gasteiger partial charge in [-0.05, 0) is 0 Å². The molecule has 1 aliphatic heterocycles. The van der Waals surface area contributed by atoms with Crippen molar-refractivity contribution < 1.29 is 0 Å². The van der Waals surface area contributed by atoms with Crippen molar-refractivity contribution in [3.05, 3.63) is 26.4 Å². The van der Waals surface area contributed by atoms with E-state index >= 15 is 0 Å². The van der Waals surface area contributed by atoms with Crippen LogP contribution in [0.3, 0.4) is 0 Å². The maximum atomic E-state index is 11.8. The van der Waals surface area contributed by atoms with Gasteiger partial charge in [0, 0.05) is 26.4 Å². The Balaban J connectivity index is 2.78. The van der Waals surface area contributed by atoms with Crippen LogP contribution in [0.15, 0.2) is 9.59 Å². The van der Waals surface area contributed by atoms with Gasteiger partial charge in [0.1, 0.15) is 11.9 Å². The van der Waals surface area contributed by atoms with Gasteiger partial charge in [-0.15, -0.1) is 11.8 Å². The highest BCUT2D eigenvalue weighted by Gasteiger charge is 2.23. The van der Waals surface area contributed by atoms with Crippen LogP contribution in [-0.4, -0.2) is 27.3 Å². The van der Waals surface area contributed by atoms with Gasteiger partial charge in [-0.1, -0.05) is 0 Å². The van der Waals surface area contributed by atoms with Crippen molar-refractivity contribution >= 4 is 17.6 Å². The summed E-state index contributed by atoms with van der Waals surface area (Å²) >= 11 is 1.71. The molecule has 90 valence electrons. The van der Waals surface area contributed by atoms with E-state index in [-0.39, 0.29) is 5.56 Å². The Morgan fingerprint density at radius 1 is 1.29 bits per heavy atom. The van der Waals surface area contributed by atoms with Crippen LogP contribution < -0.4 is 16.1 Å². The standard InChI is InChI=1S/C10H12N4O2S/c1-12-8(14-3-4-17-6-14)7(5-11)9(15)13(2)10(12)16/h3-4,6H2,1-2H3. The van der Waals surface area contributed by atoms with Crippen LogP contribution in [-0.2, 0) is 14.1 Å². The Morgan fingerprint density at radius 2 is 2.00 bits per heavy atom. The average molecular weight is 252 g/mol. The summed E-state index contributed by atoms with van der Waals surface area (Å²) in [4.78, 5) is 25.6. The lowest BCUT2D eigenvalue weighted by Gasteiger charge is -2.21. The molecular formula is C10H12N4O2S. The fourth-order valence-electron chi connectivity index (χ4n) is 1.88. The van der Waals surface area contributed by atoms with Crippen molar-refractivity contribution in [1.82, 2.24) is 9.13 Å². The van der Waals surface area contributed by atoms with Gasteiger partial charge >= 0.3 is 5.69 Å². The van der Waals surface area contributed by atoms with Crippen LogP contribution in [0, 0.1) is 11.3 Å². The third-order valence-electron chi connectivity index (χ3n) is 2.80. The third kappa shape index (κ3) is 1.74. The molecule has 0 spiro atoms. The highest BCUT2D eigenvalue weighted by atomic mass is 32.2. The van der Waals surface area contributed by atoms with Crippen molar-refractivity contribution in [3.63, 3.8) is 0 Å². The Kier molecular flexibility index (Phi) is 2.98. The molecule has 2 heterocycles. The van der Waals surface area contributed by atoms with E-state index in [9.17, 15) is 9.59 Å². The summed E-state index contributed by atoms with van der Waals surface area (Å²) in [6.45, 7) is 0.750. The number of hydrogen-bond donors (Lipinski definition) is 0. The lowest BCUT2D eigenvalue weighted by Crippen LogP contribution is -2.42. The molecule has 0 unspecified atom stereocenters. The third-order valence-corrected chi connectivity index (χ3v) is 3.76. The molecule has 0 saturated carbocycles. The Morgan fingerprint density at radius 3 is 2.53 bits per heavy atom. The molecule has 6 nitrogen and oxygen atoms in total. The van der Waals surface area contributed by atoms with Crippen LogP contribution >= 0.6 is 11.8 Å². The SMILES string of the molecule is Cn1c(N2CCSC2)c(C#N)c(=O)n(C)c1=O. The van der Waals surface area contributed by atoms with Gasteiger partial charge in [-0.25, -0.2) is 4.79 Å². The number of anilines is 1. The van der Waals surface area contributed by atoms with Crippen LogP contribution in [0.1, 0.15) is 5.56 Å². The second-order valence-electron chi connectivity index (χ2n) is 3.82. The van der Waals surface area contributed by atoms with E-state index in [1.807, 2.05) is 11.0 Å². The molecule has 0 aromatic carbocycles. The van der Waals surface area contributed by atoms with E-state index < -0.39 is 11.2 Å². The zero-order valence-electron chi connectivity index (χ0n) is 9.63. The van der Waals surface area contributed by atoms with E-state index in [1.54, 1.807) is 18.8 Å². The van der Waals surface area contributed by atoms with Crippen molar-refractivity contribution in [2.75, 3.05) is 23.1 Å². The molecule has 0 amide bonds. The highest BCUT2D eigenvalue weighted by Crippen LogP contribution is 2.22. The lowest BCUT2D eigenvalue weighted by atomic mass is 10.3. The first-order chi connectivity index (χ1) is 8.07. The molecule has 1 saturated heterocycles. The molecule has 7 heteroatoms. The summed E-state index contributed by atoms with van der Waals surface area (Å²) in [5, 5.41) is 9.09. The molecule has 2 rings (SSSR count). The monoisotopic (exact) mass is 252 g/mol. The Labute approximate surface area is 102 Å². The normalized spacial score (nSPS) is 15.0. The molecular weight excluding hydrogens is 240 g/mol. The van der Waals surface area contributed by atoms with Crippen LogP contribution in [0.25, 0.3) is 0 Å². The minimum Gasteiger partial charge on any atom is -0.347 e. The molecule has 0 atom stereocenters. The quantitative estimate of drug-likeness (QED) is 0.671. The maximum Gasteiger partial charge on any atom is 0.332 e. The van der Waals surface area contributed by atoms with Crippen LogP contribution in [0.2, 0.25) is 0 Å². The minimum atomic E-state index is -0.525. The first kappa shape index (κ1) is 11.8. The summed E-state index contributed by atoms with van der Waals surface area (Å²) in [5.74, 6) is 2.08. The lowest BCUT2D eigenvalue weighted by molar-refractivity contribution is 0.671. The second kappa shape index (κ2) is 4.30. The summed E-state index contributed by atoms with van der Waals surface area (Å²) in [7, 11) is 2.97. The molecule has 1 fully saturated rings. The molecule has 0 aliphatic carbocycles. The predicted octanol–water partition coefficient (Wildman–Crippen LogP) is -0.534. The summed E-state index contributed by atoms with van der Waals surface area (Å²) in [6.07, 6.45) is 0. The summed E-state index contributed by atoms with van der Waals surface area (Å²) < 4.78 is 2.33. The topological polar surface area (TPSA) is 71.0 Å². The fourth-order valence-corrected chi connectivity index (χ4v) is 2.83. The van der Waals surface area contributed by atoms with Crippen LogP contribution in [0.4, 0.5) is 5.82 Å². The Bertz CT molecular complexity index is 604. The molecule has 0 bridgehead atoms. The van der Waals surface area contributed by atoms with Crippen molar-refractivity contribution in [2.45, 2.75) is 0 Å². The smallest absolute Gasteiger partial charge is 0.332 e. The van der Waals surface area contributed by atoms with Crippen molar-refractivity contribution in [3.8, 4) is 6.07 Å². The molecule has 17 heavy (non-hydrogen) atoms. The van der Waals surface area contributed by atoms with E-state index in [0.29, 0.717) is 11.7 Å². The molecule has 0 radical (unpaired) electrons. The number of aromatic nitrogens is 2. The van der Waals surface area contributed by atoms with E-state index in [0.717, 1.165) is 16.9 Å². The molecule has 1 aromatic heterocycles. The first-order valence-electron chi connectivity index (χ1n) is 5.10. The van der Waals surface area contributed by atoms with Gasteiger partial charge in [0.05, 0.1) is 5.88 Å². The minimum absolute atomic E-state index is 0.0390. The zero-order valence-corrected chi connectivity index (χ0v) is 10.5. The van der Waals surface area contributed by atoms with Gasteiger partial charge in [-0.3, -0.25) is 13.9 Å². The van der Waals surface area contributed by atoms with Gasteiger partial charge < -0.3 is 4.90 Å². The second-order valence-corrected chi connectivity index (χ2v) is 4.89. The number of rotatable bonds is 1. The van der Waals surface area contributed by atoms with Crippen molar-refractivity contribution in [2.24, 2.45) is 14.1 Å². The first-order valence-corrected chi connectivity index (χ1v) is 6.26. The highest BCUT2D eigenvalue weighted by molar-refractivity contribution is 7.99. The van der Waals surface area contributed by atoms with E-state index in [2.05, 4.69) is 0 Å².